The number of carbonyl (C=O) groups is 2. The minimum Gasteiger partial charge on any atom is -0.481 e. The Morgan fingerprint density at radius 3 is 2.25 bits per heavy atom. The van der Waals surface area contributed by atoms with Crippen LogP contribution in [0.4, 0.5) is 5.69 Å². The van der Waals surface area contributed by atoms with Crippen LogP contribution in [0.5, 0.6) is 0 Å². The highest BCUT2D eigenvalue weighted by Gasteiger charge is 2.45. The lowest BCUT2D eigenvalue weighted by Crippen LogP contribution is -2.42. The van der Waals surface area contributed by atoms with E-state index in [9.17, 15) is 14.7 Å². The molecule has 0 aliphatic heterocycles. The molecule has 0 radical (unpaired) electrons. The molecule has 0 atom stereocenters. The Morgan fingerprint density at radius 1 is 1.15 bits per heavy atom. The molecule has 1 saturated carbocycles. The minimum absolute atomic E-state index is 0.146. The zero-order chi connectivity index (χ0) is 14.6. The van der Waals surface area contributed by atoms with E-state index in [0.717, 1.165) is 17.7 Å². The van der Waals surface area contributed by atoms with Gasteiger partial charge >= 0.3 is 11.9 Å². The first kappa shape index (κ1) is 14.4. The van der Waals surface area contributed by atoms with E-state index in [1.165, 1.54) is 0 Å². The second-order valence-corrected chi connectivity index (χ2v) is 5.24. The van der Waals surface area contributed by atoms with Crippen molar-refractivity contribution in [1.29, 1.82) is 0 Å². The lowest BCUT2D eigenvalue weighted by atomic mass is 9.64. The van der Waals surface area contributed by atoms with E-state index in [2.05, 4.69) is 5.32 Å². The number of anilines is 1. The number of carboxylic acid groups (broad SMARTS) is 2. The van der Waals surface area contributed by atoms with Crippen LogP contribution in [0.25, 0.3) is 0 Å². The molecule has 0 saturated heterocycles. The molecule has 1 aliphatic rings. The molecule has 0 spiro atoms. The average molecular weight is 277 g/mol. The maximum Gasteiger partial charge on any atom is 0.314 e. The van der Waals surface area contributed by atoms with Crippen molar-refractivity contribution in [1.82, 2.24) is 0 Å². The molecule has 0 amide bonds. The van der Waals surface area contributed by atoms with Crippen LogP contribution in [0.3, 0.4) is 0 Å². The van der Waals surface area contributed by atoms with Gasteiger partial charge in [0.2, 0.25) is 0 Å². The third-order valence-electron chi connectivity index (χ3n) is 3.95. The molecule has 1 fully saturated rings. The van der Waals surface area contributed by atoms with Gasteiger partial charge in [0, 0.05) is 18.7 Å². The zero-order valence-electron chi connectivity index (χ0n) is 11.3. The summed E-state index contributed by atoms with van der Waals surface area (Å²) in [7, 11) is 0. The Labute approximate surface area is 117 Å². The second kappa shape index (κ2) is 5.94. The number of nitrogens with one attached hydrogen (secondary N) is 1. The number of rotatable bonds is 7. The first-order valence-corrected chi connectivity index (χ1v) is 6.84. The van der Waals surface area contributed by atoms with Gasteiger partial charge in [0.1, 0.15) is 0 Å². The molecule has 0 aromatic heterocycles. The van der Waals surface area contributed by atoms with Crippen LogP contribution in [0.1, 0.15) is 37.7 Å². The van der Waals surface area contributed by atoms with Crippen molar-refractivity contribution in [3.05, 3.63) is 29.8 Å². The third-order valence-corrected chi connectivity index (χ3v) is 3.95. The summed E-state index contributed by atoms with van der Waals surface area (Å²) < 4.78 is 0. The summed E-state index contributed by atoms with van der Waals surface area (Å²) in [6.45, 7) is 0.593. The summed E-state index contributed by atoms with van der Waals surface area (Å²) in [5.74, 6) is -1.54. The Kier molecular flexibility index (Phi) is 4.27. The fourth-order valence-electron chi connectivity index (χ4n) is 2.54. The minimum atomic E-state index is -0.796. The summed E-state index contributed by atoms with van der Waals surface area (Å²) in [5, 5.41) is 21.0. The predicted molar refractivity (Wildman–Crippen MR) is 75.0 cm³/mol. The highest BCUT2D eigenvalue weighted by molar-refractivity contribution is 5.82. The van der Waals surface area contributed by atoms with Crippen LogP contribution >= 0.6 is 0 Å². The average Bonchev–Trinajstić information content (AvgIpc) is 2.34. The van der Waals surface area contributed by atoms with Gasteiger partial charge in [0.05, 0.1) is 5.41 Å². The molecule has 0 bridgehead atoms. The van der Waals surface area contributed by atoms with Crippen molar-refractivity contribution in [2.24, 2.45) is 0 Å². The van der Waals surface area contributed by atoms with Crippen LogP contribution in [-0.4, -0.2) is 28.7 Å². The number of carboxylic acids is 2. The summed E-state index contributed by atoms with van der Waals surface area (Å²) in [5.41, 5.74) is 1.05. The monoisotopic (exact) mass is 277 g/mol. The fraction of sp³-hybridized carbons (Fsp3) is 0.467. The maximum atomic E-state index is 11.4. The van der Waals surface area contributed by atoms with Gasteiger partial charge in [-0.3, -0.25) is 9.59 Å². The standard InChI is InChI=1S/C15H19NO4/c17-13(18)3-1-10-16-12-6-4-11(5-7-12)15(14(19)20)8-2-9-15/h4-7,16H,1-3,8-10H2,(H,17,18)(H,19,20). The first-order chi connectivity index (χ1) is 9.54. The second-order valence-electron chi connectivity index (χ2n) is 5.24. The molecular weight excluding hydrogens is 258 g/mol. The summed E-state index contributed by atoms with van der Waals surface area (Å²) in [6.07, 6.45) is 3.08. The van der Waals surface area contributed by atoms with Crippen LogP contribution in [0.15, 0.2) is 24.3 Å². The Balaban J connectivity index is 1.93. The molecule has 1 aromatic carbocycles. The Bertz CT molecular complexity index is 491. The van der Waals surface area contributed by atoms with Gasteiger partial charge in [-0.25, -0.2) is 0 Å². The van der Waals surface area contributed by atoms with Crippen molar-refractivity contribution in [2.75, 3.05) is 11.9 Å². The molecule has 1 aromatic rings. The van der Waals surface area contributed by atoms with Crippen molar-refractivity contribution in [2.45, 2.75) is 37.5 Å². The van der Waals surface area contributed by atoms with E-state index >= 15 is 0 Å². The number of benzene rings is 1. The number of aliphatic carboxylic acids is 2. The van der Waals surface area contributed by atoms with E-state index in [1.807, 2.05) is 24.3 Å². The fourth-order valence-corrected chi connectivity index (χ4v) is 2.54. The third kappa shape index (κ3) is 2.92. The summed E-state index contributed by atoms with van der Waals surface area (Å²) >= 11 is 0. The van der Waals surface area contributed by atoms with E-state index in [-0.39, 0.29) is 6.42 Å². The summed E-state index contributed by atoms with van der Waals surface area (Å²) in [6, 6.07) is 7.43. The van der Waals surface area contributed by atoms with Gasteiger partial charge < -0.3 is 15.5 Å². The summed E-state index contributed by atoms with van der Waals surface area (Å²) in [4.78, 5) is 21.8. The van der Waals surface area contributed by atoms with Gasteiger partial charge in [-0.2, -0.15) is 0 Å². The first-order valence-electron chi connectivity index (χ1n) is 6.84. The molecule has 1 aliphatic carbocycles. The quantitative estimate of drug-likeness (QED) is 0.666. The van der Waals surface area contributed by atoms with E-state index in [0.29, 0.717) is 25.8 Å². The van der Waals surface area contributed by atoms with E-state index < -0.39 is 17.4 Å². The molecule has 5 nitrogen and oxygen atoms in total. The SMILES string of the molecule is O=C(O)CCCNc1ccc(C2(C(=O)O)CCC2)cc1. The molecular formula is C15H19NO4. The highest BCUT2D eigenvalue weighted by Crippen LogP contribution is 2.44. The topological polar surface area (TPSA) is 86.6 Å². The van der Waals surface area contributed by atoms with Crippen LogP contribution in [0.2, 0.25) is 0 Å². The molecule has 3 N–H and O–H groups in total. The van der Waals surface area contributed by atoms with Crippen LogP contribution in [0, 0.1) is 0 Å². The smallest absolute Gasteiger partial charge is 0.314 e. The predicted octanol–water partition coefficient (Wildman–Crippen LogP) is 2.47. The number of hydrogen-bond acceptors (Lipinski definition) is 3. The number of hydrogen-bond donors (Lipinski definition) is 3. The van der Waals surface area contributed by atoms with Crippen molar-refractivity contribution < 1.29 is 19.8 Å². The van der Waals surface area contributed by atoms with Gasteiger partial charge in [0.25, 0.3) is 0 Å². The molecule has 0 unspecified atom stereocenters. The van der Waals surface area contributed by atoms with E-state index in [4.69, 9.17) is 5.11 Å². The molecule has 5 heteroatoms. The van der Waals surface area contributed by atoms with Crippen LogP contribution < -0.4 is 5.32 Å². The van der Waals surface area contributed by atoms with Gasteiger partial charge in [-0.1, -0.05) is 18.6 Å². The lowest BCUT2D eigenvalue weighted by molar-refractivity contribution is -0.147. The van der Waals surface area contributed by atoms with Crippen LogP contribution in [-0.2, 0) is 15.0 Å². The molecule has 2 rings (SSSR count). The van der Waals surface area contributed by atoms with E-state index in [1.54, 1.807) is 0 Å². The molecule has 0 heterocycles. The zero-order valence-corrected chi connectivity index (χ0v) is 11.3. The Morgan fingerprint density at radius 2 is 1.80 bits per heavy atom. The maximum absolute atomic E-state index is 11.4. The van der Waals surface area contributed by atoms with Crippen molar-refractivity contribution in [3.8, 4) is 0 Å². The van der Waals surface area contributed by atoms with Crippen molar-refractivity contribution >= 4 is 17.6 Å². The Hall–Kier alpha value is -2.04. The molecule has 108 valence electrons. The van der Waals surface area contributed by atoms with Crippen molar-refractivity contribution in [3.63, 3.8) is 0 Å². The van der Waals surface area contributed by atoms with Gasteiger partial charge in [-0.05, 0) is 37.0 Å². The van der Waals surface area contributed by atoms with Gasteiger partial charge in [0.15, 0.2) is 0 Å². The van der Waals surface area contributed by atoms with Gasteiger partial charge in [-0.15, -0.1) is 0 Å². The largest absolute Gasteiger partial charge is 0.481 e. The lowest BCUT2D eigenvalue weighted by Gasteiger charge is -2.38. The molecule has 20 heavy (non-hydrogen) atoms. The normalized spacial score (nSPS) is 16.2. The highest BCUT2D eigenvalue weighted by atomic mass is 16.4.